The van der Waals surface area contributed by atoms with Crippen LogP contribution in [0.1, 0.15) is 0 Å². The average Bonchev–Trinajstić information content (AvgIpc) is 1.25. The summed E-state index contributed by atoms with van der Waals surface area (Å²) in [6, 6.07) is 0. The zero-order valence-corrected chi connectivity index (χ0v) is 10.9. The molecule has 8 nitrogen and oxygen atoms in total. The molecule has 0 saturated carbocycles. The van der Waals surface area contributed by atoms with Gasteiger partial charge in [-0.2, -0.15) is 0 Å². The van der Waals surface area contributed by atoms with Crippen molar-refractivity contribution in [2.75, 3.05) is 0 Å². The van der Waals surface area contributed by atoms with E-state index in [2.05, 4.69) is 0 Å². The van der Waals surface area contributed by atoms with Crippen molar-refractivity contribution in [3.63, 3.8) is 0 Å². The smallest absolute Gasteiger partial charge is 0.412 e. The van der Waals surface area contributed by atoms with E-state index in [0.29, 0.717) is 0 Å². The van der Waals surface area contributed by atoms with Gasteiger partial charge in [-0.15, -0.1) is 0 Å². The molecular formula is H4BaCl2O8. The molecule has 0 aliphatic carbocycles. The van der Waals surface area contributed by atoms with Crippen LogP contribution < -0.4 is 28.0 Å². The summed E-state index contributed by atoms with van der Waals surface area (Å²) in [6.45, 7) is 0. The summed E-state index contributed by atoms with van der Waals surface area (Å²) < 4.78 is 50.4. The Balaban J connectivity index is -0.0000000171. The second-order valence-electron chi connectivity index (χ2n) is 0.378. The van der Waals surface area contributed by atoms with Crippen molar-refractivity contribution < 1.29 is 60.5 Å². The monoisotopic (exact) mass is 340 g/mol. The summed E-state index contributed by atoms with van der Waals surface area (Å²) in [4.78, 5) is 0. The normalized spacial score (nSPS) is 6.55. The van der Waals surface area contributed by atoms with Crippen molar-refractivity contribution in [3.8, 4) is 0 Å². The van der Waals surface area contributed by atoms with Gasteiger partial charge in [0.25, 0.3) is 0 Å². The van der Waals surface area contributed by atoms with E-state index in [9.17, 15) is 0 Å². The van der Waals surface area contributed by atoms with Crippen LogP contribution >= 0.6 is 0 Å². The van der Waals surface area contributed by atoms with Crippen LogP contribution in [-0.2, 0) is 0 Å². The van der Waals surface area contributed by atoms with Crippen molar-refractivity contribution in [3.05, 3.63) is 0 Å². The van der Waals surface area contributed by atoms with E-state index in [1.807, 2.05) is 0 Å². The molecule has 0 rings (SSSR count). The molecule has 0 fully saturated rings. The molecule has 0 radical (unpaired) electrons. The molecule has 4 N–H and O–H groups in total. The zero-order valence-electron chi connectivity index (χ0n) is 4.91. The minimum atomic E-state index is -2.85. The summed E-state index contributed by atoms with van der Waals surface area (Å²) in [6.07, 6.45) is 0. The molecule has 0 bridgehead atoms. The number of hydrogen-bond donors (Lipinski definition) is 0. The largest absolute Gasteiger partial charge is 2.00 e. The Morgan fingerprint density at radius 2 is 0.545 bits per heavy atom. The molecule has 0 aliphatic heterocycles. The fraction of sp³-hybridized carbons (Fsp3) is 0. The second kappa shape index (κ2) is 22.6. The molecule has 0 unspecified atom stereocenters. The molecule has 0 aromatic heterocycles. The second-order valence-corrected chi connectivity index (χ2v) is 1.13. The van der Waals surface area contributed by atoms with Crippen LogP contribution in [0.2, 0.25) is 0 Å². The van der Waals surface area contributed by atoms with E-state index in [4.69, 9.17) is 28.0 Å². The first-order valence-electron chi connectivity index (χ1n) is 0.926. The molecule has 68 valence electrons. The van der Waals surface area contributed by atoms with Gasteiger partial charge in [-0.1, -0.05) is 0 Å². The maximum absolute atomic E-state index is 8.41. The topological polar surface area (TPSA) is 201 Å². The Morgan fingerprint density at radius 3 is 0.545 bits per heavy atom. The molecule has 0 spiro atoms. The molecule has 11 heteroatoms. The molecule has 0 saturated heterocycles. The Morgan fingerprint density at radius 1 is 0.545 bits per heavy atom. The van der Waals surface area contributed by atoms with Gasteiger partial charge >= 0.3 is 48.9 Å². The van der Waals surface area contributed by atoms with Gasteiger partial charge in [0.2, 0.25) is 0 Å². The summed E-state index contributed by atoms with van der Waals surface area (Å²) in [5.74, 6) is 0. The van der Waals surface area contributed by atoms with Crippen molar-refractivity contribution >= 4 is 48.9 Å². The van der Waals surface area contributed by atoms with Crippen LogP contribution in [0.15, 0.2) is 0 Å². The van der Waals surface area contributed by atoms with Gasteiger partial charge in [-0.05, 0) is 0 Å². The first-order chi connectivity index (χ1) is 3.46. The van der Waals surface area contributed by atoms with E-state index in [1.54, 1.807) is 0 Å². The quantitative estimate of drug-likeness (QED) is 0.391. The zero-order chi connectivity index (χ0) is 7.15. The molecule has 0 heterocycles. The summed E-state index contributed by atoms with van der Waals surface area (Å²) >= 11 is 0. The molecule has 0 aliphatic rings. The molecule has 0 amide bonds. The predicted octanol–water partition coefficient (Wildman–Crippen LogP) is -9.16. The first kappa shape index (κ1) is 29.3. The summed E-state index contributed by atoms with van der Waals surface area (Å²) in [5.41, 5.74) is 0. The molecule has 11 heavy (non-hydrogen) atoms. The summed E-state index contributed by atoms with van der Waals surface area (Å²) in [5, 5.41) is 0. The van der Waals surface area contributed by atoms with Crippen molar-refractivity contribution in [2.24, 2.45) is 0 Å². The van der Waals surface area contributed by atoms with Gasteiger partial charge in [0.1, 0.15) is 0 Å². The number of rotatable bonds is 0. The Bertz CT molecular complexity index is 27.6. The maximum atomic E-state index is 8.41. The van der Waals surface area contributed by atoms with E-state index in [0.717, 1.165) is 0 Å². The Kier molecular flexibility index (Phi) is 60.3. The van der Waals surface area contributed by atoms with E-state index < -0.39 is 21.6 Å². The van der Waals surface area contributed by atoms with Crippen LogP contribution in [0.3, 0.4) is 0 Å². The third kappa shape index (κ3) is 341. The fourth-order valence-corrected chi connectivity index (χ4v) is 0. The Labute approximate surface area is 108 Å². The van der Waals surface area contributed by atoms with Crippen LogP contribution in [0.5, 0.6) is 0 Å². The maximum Gasteiger partial charge on any atom is 2.00 e. The third-order valence-corrected chi connectivity index (χ3v) is 0. The van der Waals surface area contributed by atoms with Crippen LogP contribution in [-0.4, -0.2) is 59.8 Å². The van der Waals surface area contributed by atoms with Crippen LogP contribution in [0.25, 0.3) is 0 Å². The van der Waals surface area contributed by atoms with Gasteiger partial charge in [-0.25, -0.2) is 0 Å². The van der Waals surface area contributed by atoms with Crippen molar-refractivity contribution in [1.82, 2.24) is 0 Å². The summed E-state index contributed by atoms with van der Waals surface area (Å²) in [7, 11) is -5.70. The molecule has 0 aromatic carbocycles. The average molecular weight is 340 g/mol. The van der Waals surface area contributed by atoms with Crippen molar-refractivity contribution in [2.45, 2.75) is 0 Å². The first-order valence-corrected chi connectivity index (χ1v) is 2.78. The standard InChI is InChI=1S/Ba.2ClO3.2H2O/c;2*2-1(3)4;;/h;;;2*1H2/q+2;2*-1;;. The van der Waals surface area contributed by atoms with E-state index >= 15 is 0 Å². The SMILES string of the molecule is O.O.[Ba+2].[O-][Cl+2]([O-])[O-].[O-][Cl+2]([O-])[O-]. The van der Waals surface area contributed by atoms with E-state index in [-0.39, 0.29) is 59.8 Å². The van der Waals surface area contributed by atoms with Gasteiger partial charge in [0.15, 0.2) is 0 Å². The molecular weight excluding hydrogens is 336 g/mol. The van der Waals surface area contributed by atoms with Crippen LogP contribution in [0, 0.1) is 21.6 Å². The van der Waals surface area contributed by atoms with Crippen LogP contribution in [0.4, 0.5) is 0 Å². The van der Waals surface area contributed by atoms with E-state index in [1.165, 1.54) is 0 Å². The number of halogens is 2. The molecule has 0 aromatic rings. The van der Waals surface area contributed by atoms with Gasteiger partial charge in [0.05, 0.1) is 21.6 Å². The fourth-order valence-electron chi connectivity index (χ4n) is 0. The van der Waals surface area contributed by atoms with Crippen molar-refractivity contribution in [1.29, 1.82) is 0 Å². The molecule has 0 atom stereocenters. The minimum Gasteiger partial charge on any atom is -0.412 e. The van der Waals surface area contributed by atoms with Gasteiger partial charge in [0, 0.05) is 0 Å². The minimum absolute atomic E-state index is 0. The third-order valence-electron chi connectivity index (χ3n) is 0. The number of hydrogen-bond acceptors (Lipinski definition) is 6. The van der Waals surface area contributed by atoms with Gasteiger partial charge < -0.3 is 38.9 Å². The van der Waals surface area contributed by atoms with Gasteiger partial charge in [-0.3, -0.25) is 0 Å². The predicted molar refractivity (Wildman–Crippen MR) is 13.0 cm³/mol. The Hall–Kier alpha value is 1.83.